The van der Waals surface area contributed by atoms with Crippen LogP contribution in [-0.2, 0) is 0 Å². The van der Waals surface area contributed by atoms with E-state index in [2.05, 4.69) is 18.5 Å². The molecule has 1 nitrogen and oxygen atoms in total. The van der Waals surface area contributed by atoms with Crippen molar-refractivity contribution in [1.29, 1.82) is 0 Å². The predicted octanol–water partition coefficient (Wildman–Crippen LogP) is 3.44. The predicted molar refractivity (Wildman–Crippen MR) is 67.1 cm³/mol. The first kappa shape index (κ1) is 12.4. The zero-order valence-electron chi connectivity index (χ0n) is 9.72. The molecule has 0 spiro atoms. The van der Waals surface area contributed by atoms with Gasteiger partial charge in [0.1, 0.15) is 0 Å². The van der Waals surface area contributed by atoms with Crippen molar-refractivity contribution < 1.29 is 0 Å². The van der Waals surface area contributed by atoms with Crippen LogP contribution in [0.3, 0.4) is 0 Å². The normalized spacial score (nSPS) is 21.9. The van der Waals surface area contributed by atoms with Crippen LogP contribution < -0.4 is 5.32 Å². The minimum atomic E-state index is 0.713. The topological polar surface area (TPSA) is 12.0 Å². The van der Waals surface area contributed by atoms with Crippen molar-refractivity contribution in [3.8, 4) is 0 Å². The standard InChI is InChI=1S/C12H25NS/c1-11(9-10-14-2)13-12-7-5-3-4-6-8-12/h11-13H,3-10H2,1-2H3. The molecule has 1 atom stereocenters. The van der Waals surface area contributed by atoms with Crippen LogP contribution in [0.2, 0.25) is 0 Å². The van der Waals surface area contributed by atoms with Crippen molar-refractivity contribution in [2.75, 3.05) is 12.0 Å². The summed E-state index contributed by atoms with van der Waals surface area (Å²) in [5.41, 5.74) is 0. The van der Waals surface area contributed by atoms with E-state index in [1.165, 1.54) is 50.7 Å². The minimum absolute atomic E-state index is 0.713. The van der Waals surface area contributed by atoms with E-state index in [1.54, 1.807) is 0 Å². The summed E-state index contributed by atoms with van der Waals surface area (Å²) in [5.74, 6) is 1.29. The summed E-state index contributed by atoms with van der Waals surface area (Å²) in [4.78, 5) is 0. The highest BCUT2D eigenvalue weighted by atomic mass is 32.2. The molecule has 0 amide bonds. The Kier molecular flexibility index (Phi) is 6.70. The van der Waals surface area contributed by atoms with Gasteiger partial charge in [-0.2, -0.15) is 11.8 Å². The van der Waals surface area contributed by atoms with Gasteiger partial charge in [0.2, 0.25) is 0 Å². The molecule has 1 rings (SSSR count). The molecule has 1 aliphatic carbocycles. The summed E-state index contributed by atoms with van der Waals surface area (Å²) in [6.07, 6.45) is 12.1. The molecule has 1 saturated carbocycles. The highest BCUT2D eigenvalue weighted by molar-refractivity contribution is 7.98. The SMILES string of the molecule is CSCCC(C)NC1CCCCCC1. The third-order valence-electron chi connectivity index (χ3n) is 3.13. The van der Waals surface area contributed by atoms with Crippen LogP contribution in [0.25, 0.3) is 0 Å². The number of thioether (sulfide) groups is 1. The van der Waals surface area contributed by atoms with Gasteiger partial charge in [0, 0.05) is 12.1 Å². The van der Waals surface area contributed by atoms with Crippen molar-refractivity contribution in [3.05, 3.63) is 0 Å². The summed E-state index contributed by atoms with van der Waals surface area (Å²) < 4.78 is 0. The molecule has 1 fully saturated rings. The summed E-state index contributed by atoms with van der Waals surface area (Å²) in [7, 11) is 0. The molecule has 2 heteroatoms. The molecule has 84 valence electrons. The van der Waals surface area contributed by atoms with E-state index in [0.717, 1.165) is 6.04 Å². The van der Waals surface area contributed by atoms with Gasteiger partial charge in [0.25, 0.3) is 0 Å². The van der Waals surface area contributed by atoms with Gasteiger partial charge in [-0.15, -0.1) is 0 Å². The first-order chi connectivity index (χ1) is 6.83. The molecule has 0 heterocycles. The Balaban J connectivity index is 2.13. The van der Waals surface area contributed by atoms with Gasteiger partial charge in [-0.1, -0.05) is 25.7 Å². The lowest BCUT2D eigenvalue weighted by Gasteiger charge is -2.21. The van der Waals surface area contributed by atoms with Crippen molar-refractivity contribution in [2.45, 2.75) is 64.0 Å². The third-order valence-corrected chi connectivity index (χ3v) is 3.77. The van der Waals surface area contributed by atoms with Gasteiger partial charge >= 0.3 is 0 Å². The molecular weight excluding hydrogens is 190 g/mol. The monoisotopic (exact) mass is 215 g/mol. The third kappa shape index (κ3) is 5.26. The van der Waals surface area contributed by atoms with Gasteiger partial charge in [-0.25, -0.2) is 0 Å². The second-order valence-electron chi connectivity index (χ2n) is 4.54. The lowest BCUT2D eigenvalue weighted by Crippen LogP contribution is -2.36. The van der Waals surface area contributed by atoms with Crippen molar-refractivity contribution in [3.63, 3.8) is 0 Å². The maximum Gasteiger partial charge on any atom is 0.00695 e. The Hall–Kier alpha value is 0.310. The Labute approximate surface area is 93.4 Å². The van der Waals surface area contributed by atoms with Crippen LogP contribution in [0.1, 0.15) is 51.9 Å². The minimum Gasteiger partial charge on any atom is -0.311 e. The van der Waals surface area contributed by atoms with Gasteiger partial charge in [0.15, 0.2) is 0 Å². The van der Waals surface area contributed by atoms with Crippen LogP contribution >= 0.6 is 11.8 Å². The number of nitrogens with one attached hydrogen (secondary N) is 1. The quantitative estimate of drug-likeness (QED) is 0.705. The van der Waals surface area contributed by atoms with E-state index in [9.17, 15) is 0 Å². The number of hydrogen-bond acceptors (Lipinski definition) is 2. The molecule has 1 unspecified atom stereocenters. The fraction of sp³-hybridized carbons (Fsp3) is 1.00. The molecule has 1 aliphatic rings. The average molecular weight is 215 g/mol. The first-order valence-corrected chi connectivity index (χ1v) is 7.47. The molecule has 0 aromatic heterocycles. The fourth-order valence-electron chi connectivity index (χ4n) is 2.23. The largest absolute Gasteiger partial charge is 0.311 e. The summed E-state index contributed by atoms with van der Waals surface area (Å²) in [6, 6.07) is 1.53. The Bertz CT molecular complexity index is 130. The van der Waals surface area contributed by atoms with Gasteiger partial charge in [-0.3, -0.25) is 0 Å². The molecule has 0 radical (unpaired) electrons. The Morgan fingerprint density at radius 2 is 1.86 bits per heavy atom. The Morgan fingerprint density at radius 3 is 2.43 bits per heavy atom. The molecule has 0 aromatic carbocycles. The van der Waals surface area contributed by atoms with Crippen molar-refractivity contribution in [2.24, 2.45) is 0 Å². The molecule has 0 aromatic rings. The van der Waals surface area contributed by atoms with Crippen LogP contribution in [0.5, 0.6) is 0 Å². The fourth-order valence-corrected chi connectivity index (χ4v) is 2.82. The summed E-state index contributed by atoms with van der Waals surface area (Å²) in [6.45, 7) is 2.33. The lowest BCUT2D eigenvalue weighted by atomic mass is 10.1. The molecule has 0 aliphatic heterocycles. The van der Waals surface area contributed by atoms with Crippen LogP contribution in [0, 0.1) is 0 Å². The number of hydrogen-bond donors (Lipinski definition) is 1. The zero-order valence-corrected chi connectivity index (χ0v) is 10.5. The number of rotatable bonds is 5. The van der Waals surface area contributed by atoms with E-state index >= 15 is 0 Å². The molecule has 14 heavy (non-hydrogen) atoms. The second kappa shape index (κ2) is 7.58. The highest BCUT2D eigenvalue weighted by Crippen LogP contribution is 2.18. The summed E-state index contributed by atoms with van der Waals surface area (Å²) >= 11 is 1.96. The van der Waals surface area contributed by atoms with E-state index in [4.69, 9.17) is 0 Å². The maximum absolute atomic E-state index is 3.78. The van der Waals surface area contributed by atoms with Gasteiger partial charge in [0.05, 0.1) is 0 Å². The molecule has 1 N–H and O–H groups in total. The molecule has 0 saturated heterocycles. The lowest BCUT2D eigenvalue weighted by molar-refractivity contribution is 0.402. The average Bonchev–Trinajstić information content (AvgIpc) is 2.43. The second-order valence-corrected chi connectivity index (χ2v) is 5.52. The van der Waals surface area contributed by atoms with E-state index in [-0.39, 0.29) is 0 Å². The molecular formula is C12H25NS. The van der Waals surface area contributed by atoms with Crippen LogP contribution in [0.4, 0.5) is 0 Å². The van der Waals surface area contributed by atoms with Crippen molar-refractivity contribution in [1.82, 2.24) is 5.32 Å². The summed E-state index contributed by atoms with van der Waals surface area (Å²) in [5, 5.41) is 3.78. The van der Waals surface area contributed by atoms with Crippen LogP contribution in [-0.4, -0.2) is 24.1 Å². The van der Waals surface area contributed by atoms with Crippen molar-refractivity contribution >= 4 is 11.8 Å². The highest BCUT2D eigenvalue weighted by Gasteiger charge is 2.13. The van der Waals surface area contributed by atoms with Crippen LogP contribution in [0.15, 0.2) is 0 Å². The first-order valence-electron chi connectivity index (χ1n) is 6.08. The zero-order chi connectivity index (χ0) is 10.2. The van der Waals surface area contributed by atoms with E-state index in [0.29, 0.717) is 6.04 Å². The van der Waals surface area contributed by atoms with E-state index < -0.39 is 0 Å². The van der Waals surface area contributed by atoms with Gasteiger partial charge < -0.3 is 5.32 Å². The Morgan fingerprint density at radius 1 is 1.21 bits per heavy atom. The maximum atomic E-state index is 3.78. The molecule has 0 bridgehead atoms. The van der Waals surface area contributed by atoms with Gasteiger partial charge in [-0.05, 0) is 38.2 Å². The smallest absolute Gasteiger partial charge is 0.00695 e. The van der Waals surface area contributed by atoms with E-state index in [1.807, 2.05) is 11.8 Å².